The van der Waals surface area contributed by atoms with Gasteiger partial charge in [-0.15, -0.1) is 0 Å². The zero-order chi connectivity index (χ0) is 14.5. The van der Waals surface area contributed by atoms with Crippen LogP contribution < -0.4 is 10.2 Å². The number of imidazole rings is 1. The van der Waals surface area contributed by atoms with E-state index in [0.717, 1.165) is 25.6 Å². The zero-order valence-electron chi connectivity index (χ0n) is 12.4. The lowest BCUT2D eigenvalue weighted by atomic mass is 10.2. The van der Waals surface area contributed by atoms with E-state index in [1.54, 1.807) is 12.5 Å². The van der Waals surface area contributed by atoms with Gasteiger partial charge in [0.1, 0.15) is 6.33 Å². The lowest BCUT2D eigenvalue weighted by Gasteiger charge is -2.21. The van der Waals surface area contributed by atoms with Gasteiger partial charge in [-0.2, -0.15) is 15.0 Å². The minimum Gasteiger partial charge on any atom is -0.354 e. The first-order valence-corrected chi connectivity index (χ1v) is 7.60. The zero-order valence-corrected chi connectivity index (χ0v) is 12.4. The van der Waals surface area contributed by atoms with E-state index < -0.39 is 0 Å². The Bertz CT molecular complexity index is 559. The fourth-order valence-electron chi connectivity index (χ4n) is 2.50. The SMILES string of the molecule is CCNc1nc(N2CCCCCC2)nc(-n2ccnc2)n1. The summed E-state index contributed by atoms with van der Waals surface area (Å²) in [5, 5.41) is 3.18. The normalized spacial score (nSPS) is 15.8. The van der Waals surface area contributed by atoms with E-state index in [4.69, 9.17) is 0 Å². The summed E-state index contributed by atoms with van der Waals surface area (Å²) in [4.78, 5) is 19.9. The molecule has 0 atom stereocenters. The number of hydrogen-bond acceptors (Lipinski definition) is 6. The molecule has 1 fully saturated rings. The van der Waals surface area contributed by atoms with Gasteiger partial charge in [0.2, 0.25) is 17.8 Å². The molecular weight excluding hydrogens is 266 g/mol. The molecule has 0 saturated carbocycles. The molecule has 1 saturated heterocycles. The summed E-state index contributed by atoms with van der Waals surface area (Å²) < 4.78 is 1.81. The van der Waals surface area contributed by atoms with Crippen molar-refractivity contribution in [3.8, 4) is 5.95 Å². The third-order valence-electron chi connectivity index (χ3n) is 3.57. The Kier molecular flexibility index (Phi) is 4.28. The number of rotatable bonds is 4. The first kappa shape index (κ1) is 13.8. The molecule has 21 heavy (non-hydrogen) atoms. The van der Waals surface area contributed by atoms with Gasteiger partial charge in [-0.25, -0.2) is 4.98 Å². The highest BCUT2D eigenvalue weighted by Gasteiger charge is 2.15. The van der Waals surface area contributed by atoms with Gasteiger partial charge in [-0.05, 0) is 19.8 Å². The van der Waals surface area contributed by atoms with Crippen molar-refractivity contribution in [1.29, 1.82) is 0 Å². The summed E-state index contributed by atoms with van der Waals surface area (Å²) in [6, 6.07) is 0. The summed E-state index contributed by atoms with van der Waals surface area (Å²) in [5.41, 5.74) is 0. The lowest BCUT2D eigenvalue weighted by Crippen LogP contribution is -2.27. The molecule has 0 radical (unpaired) electrons. The fourth-order valence-corrected chi connectivity index (χ4v) is 2.50. The van der Waals surface area contributed by atoms with Crippen LogP contribution in [0.15, 0.2) is 18.7 Å². The second-order valence-corrected chi connectivity index (χ2v) is 5.16. The molecule has 0 spiro atoms. The molecule has 0 aliphatic carbocycles. The molecule has 3 rings (SSSR count). The van der Waals surface area contributed by atoms with Crippen LogP contribution in [0.25, 0.3) is 5.95 Å². The van der Waals surface area contributed by atoms with Crippen molar-refractivity contribution in [3.63, 3.8) is 0 Å². The van der Waals surface area contributed by atoms with Gasteiger partial charge in [0.25, 0.3) is 0 Å². The Balaban J connectivity index is 1.94. The molecule has 2 aromatic heterocycles. The summed E-state index contributed by atoms with van der Waals surface area (Å²) in [5.74, 6) is 1.99. The monoisotopic (exact) mass is 287 g/mol. The maximum atomic E-state index is 4.61. The van der Waals surface area contributed by atoms with Crippen LogP contribution in [0.4, 0.5) is 11.9 Å². The fraction of sp³-hybridized carbons (Fsp3) is 0.571. The number of hydrogen-bond donors (Lipinski definition) is 1. The predicted molar refractivity (Wildman–Crippen MR) is 81.8 cm³/mol. The van der Waals surface area contributed by atoms with Crippen LogP contribution in [-0.2, 0) is 0 Å². The highest BCUT2D eigenvalue weighted by Crippen LogP contribution is 2.18. The van der Waals surface area contributed by atoms with Crippen molar-refractivity contribution >= 4 is 11.9 Å². The molecule has 7 heteroatoms. The van der Waals surface area contributed by atoms with Gasteiger partial charge in [0.05, 0.1) is 0 Å². The quantitative estimate of drug-likeness (QED) is 0.925. The highest BCUT2D eigenvalue weighted by atomic mass is 15.3. The molecule has 0 unspecified atom stereocenters. The molecular formula is C14H21N7. The highest BCUT2D eigenvalue weighted by molar-refractivity contribution is 5.40. The number of nitrogens with one attached hydrogen (secondary N) is 1. The van der Waals surface area contributed by atoms with E-state index >= 15 is 0 Å². The van der Waals surface area contributed by atoms with Gasteiger partial charge in [0.15, 0.2) is 0 Å². The van der Waals surface area contributed by atoms with Crippen LogP contribution in [0, 0.1) is 0 Å². The molecule has 1 N–H and O–H groups in total. The third-order valence-corrected chi connectivity index (χ3v) is 3.57. The minimum absolute atomic E-state index is 0.609. The Hall–Kier alpha value is -2.18. The van der Waals surface area contributed by atoms with E-state index in [-0.39, 0.29) is 0 Å². The van der Waals surface area contributed by atoms with E-state index in [2.05, 4.69) is 30.2 Å². The largest absolute Gasteiger partial charge is 0.354 e. The number of aromatic nitrogens is 5. The van der Waals surface area contributed by atoms with E-state index in [1.807, 2.05) is 17.7 Å². The van der Waals surface area contributed by atoms with Crippen LogP contribution in [0.2, 0.25) is 0 Å². The van der Waals surface area contributed by atoms with Gasteiger partial charge >= 0.3 is 0 Å². The molecule has 1 aliphatic heterocycles. The van der Waals surface area contributed by atoms with Crippen molar-refractivity contribution in [2.45, 2.75) is 32.6 Å². The standard InChI is InChI=1S/C14H21N7/c1-2-16-12-17-13(20-8-5-3-4-6-9-20)19-14(18-12)21-10-7-15-11-21/h7,10-11H,2-6,8-9H2,1H3,(H,16,17,18,19). The van der Waals surface area contributed by atoms with Crippen LogP contribution in [0.1, 0.15) is 32.6 Å². The van der Waals surface area contributed by atoms with Crippen molar-refractivity contribution in [2.24, 2.45) is 0 Å². The van der Waals surface area contributed by atoms with Crippen LogP contribution in [-0.4, -0.2) is 44.1 Å². The lowest BCUT2D eigenvalue weighted by molar-refractivity contribution is 0.726. The second-order valence-electron chi connectivity index (χ2n) is 5.16. The van der Waals surface area contributed by atoms with Gasteiger partial charge < -0.3 is 10.2 Å². The van der Waals surface area contributed by atoms with Crippen LogP contribution >= 0.6 is 0 Å². The smallest absolute Gasteiger partial charge is 0.241 e. The average molecular weight is 287 g/mol. The van der Waals surface area contributed by atoms with Crippen LogP contribution in [0.5, 0.6) is 0 Å². The predicted octanol–water partition coefficient (Wildman–Crippen LogP) is 1.87. The van der Waals surface area contributed by atoms with Gasteiger partial charge in [0, 0.05) is 32.0 Å². The molecule has 1 aliphatic rings. The summed E-state index contributed by atoms with van der Waals surface area (Å²) in [6.45, 7) is 4.84. The molecule has 7 nitrogen and oxygen atoms in total. The Morgan fingerprint density at radius 3 is 2.48 bits per heavy atom. The molecule has 112 valence electrons. The first-order chi connectivity index (χ1) is 10.4. The van der Waals surface area contributed by atoms with Gasteiger partial charge in [-0.1, -0.05) is 12.8 Å². The molecule has 0 aromatic carbocycles. The topological polar surface area (TPSA) is 71.8 Å². The Morgan fingerprint density at radius 1 is 1.05 bits per heavy atom. The van der Waals surface area contributed by atoms with Crippen molar-refractivity contribution in [1.82, 2.24) is 24.5 Å². The van der Waals surface area contributed by atoms with Crippen molar-refractivity contribution < 1.29 is 0 Å². The molecule has 0 amide bonds. The maximum Gasteiger partial charge on any atom is 0.241 e. The van der Waals surface area contributed by atoms with E-state index in [9.17, 15) is 0 Å². The molecule has 2 aromatic rings. The van der Waals surface area contributed by atoms with Crippen molar-refractivity contribution in [3.05, 3.63) is 18.7 Å². The van der Waals surface area contributed by atoms with E-state index in [1.165, 1.54) is 25.7 Å². The van der Waals surface area contributed by atoms with Gasteiger partial charge in [-0.3, -0.25) is 4.57 Å². The summed E-state index contributed by atoms with van der Waals surface area (Å²) >= 11 is 0. The minimum atomic E-state index is 0.609. The summed E-state index contributed by atoms with van der Waals surface area (Å²) in [6.07, 6.45) is 10.2. The third kappa shape index (κ3) is 3.29. The second kappa shape index (κ2) is 6.51. The van der Waals surface area contributed by atoms with Crippen LogP contribution in [0.3, 0.4) is 0 Å². The van der Waals surface area contributed by atoms with Crippen molar-refractivity contribution in [2.75, 3.05) is 29.9 Å². The molecule has 0 bridgehead atoms. The Labute approximate surface area is 124 Å². The number of nitrogens with zero attached hydrogens (tertiary/aromatic N) is 6. The van der Waals surface area contributed by atoms with E-state index in [0.29, 0.717) is 11.9 Å². The first-order valence-electron chi connectivity index (χ1n) is 7.60. The summed E-state index contributed by atoms with van der Waals surface area (Å²) in [7, 11) is 0. The number of anilines is 2. The average Bonchev–Trinajstić information content (AvgIpc) is 2.90. The molecule has 3 heterocycles. The maximum absolute atomic E-state index is 4.61. The Morgan fingerprint density at radius 2 is 1.81 bits per heavy atom.